The maximum atomic E-state index is 13.3. The Balaban J connectivity index is 1.39. The number of hydrogen-bond acceptors (Lipinski definition) is 9. The second-order valence-corrected chi connectivity index (χ2v) is 9.39. The lowest BCUT2D eigenvalue weighted by molar-refractivity contribution is 0.174. The number of nitrogens with zero attached hydrogens (tertiary/aromatic N) is 4. The van der Waals surface area contributed by atoms with Crippen LogP contribution in [-0.4, -0.2) is 26.4 Å². The predicted molar refractivity (Wildman–Crippen MR) is 130 cm³/mol. The van der Waals surface area contributed by atoms with Gasteiger partial charge in [0.1, 0.15) is 11.9 Å². The molecule has 9 nitrogen and oxygen atoms in total. The van der Waals surface area contributed by atoms with Gasteiger partial charge in [0.25, 0.3) is 0 Å². The van der Waals surface area contributed by atoms with Crippen LogP contribution in [-0.2, 0) is 0 Å². The standard InChI is InChI=1S/C26H14N4O5S/c31-26-20-19(18-6-3-9-36-18)21-24-28-23(13-7-8-16-17(10-13)33-12-32-16)29-30(24)11-27-25(21)35-22(20)14-4-1-2-5-15(14)34-26/h1-11,19H,12H2. The van der Waals surface area contributed by atoms with Crippen LogP contribution in [0.3, 0.4) is 0 Å². The van der Waals surface area contributed by atoms with Gasteiger partial charge in [0, 0.05) is 10.4 Å². The van der Waals surface area contributed by atoms with Crippen LogP contribution < -0.4 is 19.8 Å². The van der Waals surface area contributed by atoms with E-state index in [1.54, 1.807) is 28.2 Å². The van der Waals surface area contributed by atoms with E-state index < -0.39 is 11.5 Å². The predicted octanol–water partition coefficient (Wildman–Crippen LogP) is 4.97. The molecule has 2 aliphatic heterocycles. The van der Waals surface area contributed by atoms with Crippen LogP contribution in [0.5, 0.6) is 23.1 Å². The first-order chi connectivity index (χ1) is 17.7. The molecule has 174 valence electrons. The van der Waals surface area contributed by atoms with Crippen LogP contribution in [0.25, 0.3) is 28.0 Å². The fourth-order valence-corrected chi connectivity index (χ4v) is 5.67. The zero-order valence-electron chi connectivity index (χ0n) is 18.4. The van der Waals surface area contributed by atoms with Crippen molar-refractivity contribution < 1.29 is 18.6 Å². The second kappa shape index (κ2) is 7.15. The summed E-state index contributed by atoms with van der Waals surface area (Å²) >= 11 is 1.54. The number of aromatic nitrogens is 4. The molecule has 0 radical (unpaired) electrons. The van der Waals surface area contributed by atoms with Crippen molar-refractivity contribution >= 4 is 28.0 Å². The SMILES string of the molecule is O=c1oc2ccccc2c2c1C(c1cccs1)c1c(ncn3nc(-c4ccc5c(c4)OCO5)nc13)O2. The van der Waals surface area contributed by atoms with Gasteiger partial charge in [-0.15, -0.1) is 16.4 Å². The third-order valence-corrected chi connectivity index (χ3v) is 7.36. The highest BCUT2D eigenvalue weighted by atomic mass is 32.1. The smallest absolute Gasteiger partial charge is 0.344 e. The van der Waals surface area contributed by atoms with E-state index in [1.165, 1.54) is 0 Å². The monoisotopic (exact) mass is 494 g/mol. The number of fused-ring (bicyclic) bond motifs is 7. The molecule has 6 aromatic rings. The molecule has 0 fully saturated rings. The third-order valence-electron chi connectivity index (χ3n) is 6.42. The van der Waals surface area contributed by atoms with E-state index in [0.717, 1.165) is 10.4 Å². The van der Waals surface area contributed by atoms with Gasteiger partial charge in [0.05, 0.1) is 22.4 Å². The van der Waals surface area contributed by atoms with Gasteiger partial charge in [-0.1, -0.05) is 18.2 Å². The Kier molecular flexibility index (Phi) is 3.89. The number of rotatable bonds is 2. The van der Waals surface area contributed by atoms with E-state index in [4.69, 9.17) is 23.6 Å². The molecule has 36 heavy (non-hydrogen) atoms. The van der Waals surface area contributed by atoms with Gasteiger partial charge in [-0.25, -0.2) is 19.3 Å². The molecular formula is C26H14N4O5S. The van der Waals surface area contributed by atoms with Gasteiger partial charge in [0.15, 0.2) is 28.7 Å². The first-order valence-electron chi connectivity index (χ1n) is 11.2. The first-order valence-corrected chi connectivity index (χ1v) is 12.0. The summed E-state index contributed by atoms with van der Waals surface area (Å²) in [6.45, 7) is 0.186. The van der Waals surface area contributed by atoms with Crippen LogP contribution in [0, 0.1) is 0 Å². The van der Waals surface area contributed by atoms with Crippen LogP contribution in [0.2, 0.25) is 0 Å². The van der Waals surface area contributed by atoms with E-state index >= 15 is 0 Å². The Hall–Kier alpha value is -4.70. The highest BCUT2D eigenvalue weighted by Crippen LogP contribution is 2.49. The van der Waals surface area contributed by atoms with Crippen molar-refractivity contribution in [2.45, 2.75) is 5.92 Å². The average molecular weight is 494 g/mol. The fourth-order valence-electron chi connectivity index (χ4n) is 4.83. The van der Waals surface area contributed by atoms with Crippen LogP contribution in [0.1, 0.15) is 21.9 Å². The third kappa shape index (κ3) is 2.70. The number of thiophene rings is 1. The highest BCUT2D eigenvalue weighted by Gasteiger charge is 2.38. The van der Waals surface area contributed by atoms with Gasteiger partial charge < -0.3 is 18.6 Å². The summed E-state index contributed by atoms with van der Waals surface area (Å²) in [6.07, 6.45) is 1.57. The molecule has 0 saturated carbocycles. The number of para-hydroxylation sites is 1. The molecule has 2 aliphatic rings. The zero-order valence-corrected chi connectivity index (χ0v) is 19.2. The molecule has 1 unspecified atom stereocenters. The molecule has 0 amide bonds. The van der Waals surface area contributed by atoms with Crippen molar-refractivity contribution in [3.8, 4) is 34.5 Å². The molecule has 0 spiro atoms. The summed E-state index contributed by atoms with van der Waals surface area (Å²) in [4.78, 5) is 23.7. The van der Waals surface area contributed by atoms with Gasteiger partial charge in [0.2, 0.25) is 12.7 Å². The van der Waals surface area contributed by atoms with Crippen LogP contribution in [0.4, 0.5) is 0 Å². The lowest BCUT2D eigenvalue weighted by atomic mass is 9.88. The van der Waals surface area contributed by atoms with E-state index in [-0.39, 0.29) is 6.79 Å². The molecule has 0 bridgehead atoms. The van der Waals surface area contributed by atoms with Gasteiger partial charge in [-0.05, 0) is 41.8 Å². The van der Waals surface area contributed by atoms with Crippen molar-refractivity contribution in [1.29, 1.82) is 0 Å². The Labute approximate surface area is 206 Å². The van der Waals surface area contributed by atoms with Crippen molar-refractivity contribution in [1.82, 2.24) is 19.6 Å². The normalized spacial score (nSPS) is 15.6. The van der Waals surface area contributed by atoms with Crippen LogP contribution in [0.15, 0.2) is 75.5 Å². The molecule has 4 aromatic heterocycles. The molecule has 6 heterocycles. The topological polar surface area (TPSA) is 101 Å². The maximum absolute atomic E-state index is 13.3. The first kappa shape index (κ1) is 19.6. The molecule has 1 atom stereocenters. The van der Waals surface area contributed by atoms with E-state index in [2.05, 4.69) is 10.1 Å². The molecule has 2 aromatic carbocycles. The minimum atomic E-state index is -0.477. The Morgan fingerprint density at radius 3 is 2.83 bits per heavy atom. The average Bonchev–Trinajstić information content (AvgIpc) is 3.67. The lowest BCUT2D eigenvalue weighted by Gasteiger charge is -2.26. The summed E-state index contributed by atoms with van der Waals surface area (Å²) in [5.41, 5.74) is 2.41. The van der Waals surface area contributed by atoms with E-state index in [9.17, 15) is 4.79 Å². The summed E-state index contributed by atoms with van der Waals surface area (Å²) in [5, 5.41) is 7.34. The van der Waals surface area contributed by atoms with Gasteiger partial charge in [-0.2, -0.15) is 0 Å². The Morgan fingerprint density at radius 2 is 1.92 bits per heavy atom. The van der Waals surface area contributed by atoms with Crippen LogP contribution >= 0.6 is 11.3 Å². The minimum absolute atomic E-state index is 0.186. The van der Waals surface area contributed by atoms with Crippen molar-refractivity contribution in [3.63, 3.8) is 0 Å². The molecule has 10 heteroatoms. The van der Waals surface area contributed by atoms with E-state index in [0.29, 0.717) is 56.7 Å². The lowest BCUT2D eigenvalue weighted by Crippen LogP contribution is -2.21. The molecule has 0 N–H and O–H groups in total. The van der Waals surface area contributed by atoms with Crippen molar-refractivity contribution in [2.75, 3.05) is 6.79 Å². The number of hydrogen-bond donors (Lipinski definition) is 0. The maximum Gasteiger partial charge on any atom is 0.344 e. The fraction of sp³-hybridized carbons (Fsp3) is 0.0769. The largest absolute Gasteiger partial charge is 0.454 e. The second-order valence-electron chi connectivity index (χ2n) is 8.41. The van der Waals surface area contributed by atoms with Gasteiger partial charge >= 0.3 is 5.63 Å². The minimum Gasteiger partial charge on any atom is -0.454 e. The highest BCUT2D eigenvalue weighted by molar-refractivity contribution is 7.10. The molecule has 0 saturated heterocycles. The summed E-state index contributed by atoms with van der Waals surface area (Å²) in [7, 11) is 0. The number of ether oxygens (including phenoxy) is 3. The van der Waals surface area contributed by atoms with Gasteiger partial charge in [-0.3, -0.25) is 0 Å². The quantitative estimate of drug-likeness (QED) is 0.311. The Morgan fingerprint density at radius 1 is 1.00 bits per heavy atom. The zero-order chi connectivity index (χ0) is 23.8. The van der Waals surface area contributed by atoms with Crippen molar-refractivity contribution in [3.05, 3.63) is 92.7 Å². The molecule has 8 rings (SSSR count). The van der Waals surface area contributed by atoms with Crippen molar-refractivity contribution in [2.24, 2.45) is 0 Å². The molecule has 0 aliphatic carbocycles. The Bertz CT molecular complexity index is 1890. The number of benzene rings is 2. The molecular weight excluding hydrogens is 480 g/mol. The summed E-state index contributed by atoms with van der Waals surface area (Å²) < 4.78 is 24.6. The summed E-state index contributed by atoms with van der Waals surface area (Å²) in [6, 6.07) is 16.8. The van der Waals surface area contributed by atoms with E-state index in [1.807, 2.05) is 53.9 Å². The summed E-state index contributed by atoms with van der Waals surface area (Å²) in [5.74, 6) is 2.18.